The molecule has 0 saturated heterocycles. The molecule has 0 atom stereocenters. The summed E-state index contributed by atoms with van der Waals surface area (Å²) >= 11 is 0. The SMILES string of the molecule is C=C(c1ccc(C(F)(F)F)cc1)c1cccc(C(F)(F)F)n1. The molecule has 116 valence electrons. The van der Waals surface area contributed by atoms with E-state index >= 15 is 0 Å². The number of pyridine rings is 1. The van der Waals surface area contributed by atoms with E-state index in [1.54, 1.807) is 0 Å². The molecule has 1 nitrogen and oxygen atoms in total. The van der Waals surface area contributed by atoms with Crippen LogP contribution in [0.1, 0.15) is 22.5 Å². The number of alkyl halides is 6. The Bertz CT molecular complexity index is 682. The van der Waals surface area contributed by atoms with Crippen LogP contribution in [0.4, 0.5) is 26.3 Å². The maximum atomic E-state index is 12.6. The van der Waals surface area contributed by atoms with Crippen LogP contribution in [-0.4, -0.2) is 4.98 Å². The molecule has 0 radical (unpaired) electrons. The van der Waals surface area contributed by atoms with E-state index in [9.17, 15) is 26.3 Å². The summed E-state index contributed by atoms with van der Waals surface area (Å²) in [6, 6.07) is 7.27. The summed E-state index contributed by atoms with van der Waals surface area (Å²) in [4.78, 5) is 3.44. The van der Waals surface area contributed by atoms with Gasteiger partial charge in [-0.3, -0.25) is 0 Å². The Kier molecular flexibility index (Phi) is 4.00. The summed E-state index contributed by atoms with van der Waals surface area (Å²) in [6.45, 7) is 3.60. The summed E-state index contributed by atoms with van der Waals surface area (Å²) in [5, 5.41) is 0. The van der Waals surface area contributed by atoms with E-state index in [0.29, 0.717) is 0 Å². The molecule has 1 aromatic carbocycles. The van der Waals surface area contributed by atoms with Gasteiger partial charge in [0, 0.05) is 5.57 Å². The highest BCUT2D eigenvalue weighted by Gasteiger charge is 2.33. The van der Waals surface area contributed by atoms with Crippen molar-refractivity contribution in [2.45, 2.75) is 12.4 Å². The van der Waals surface area contributed by atoms with Gasteiger partial charge in [0.25, 0.3) is 0 Å². The Labute approximate surface area is 121 Å². The number of rotatable bonds is 2. The standard InChI is InChI=1S/C15H9F6N/c1-9(10-5-7-11(8-6-10)14(16,17)18)12-3-2-4-13(22-12)15(19,20)21/h2-8H,1H2. The molecule has 2 aromatic rings. The van der Waals surface area contributed by atoms with Gasteiger partial charge in [-0.25, -0.2) is 4.98 Å². The zero-order chi connectivity index (χ0) is 16.5. The van der Waals surface area contributed by atoms with Crippen molar-refractivity contribution in [1.82, 2.24) is 4.98 Å². The van der Waals surface area contributed by atoms with Crippen LogP contribution in [-0.2, 0) is 12.4 Å². The number of aromatic nitrogens is 1. The highest BCUT2D eigenvalue weighted by atomic mass is 19.4. The number of hydrogen-bond donors (Lipinski definition) is 0. The Morgan fingerprint density at radius 3 is 1.91 bits per heavy atom. The molecule has 2 rings (SSSR count). The van der Waals surface area contributed by atoms with Gasteiger partial charge >= 0.3 is 12.4 Å². The Hall–Kier alpha value is -2.31. The van der Waals surface area contributed by atoms with Crippen molar-refractivity contribution in [2.75, 3.05) is 0 Å². The molecule has 0 aliphatic heterocycles. The maximum Gasteiger partial charge on any atom is 0.433 e. The lowest BCUT2D eigenvalue weighted by Gasteiger charge is -2.11. The average molecular weight is 317 g/mol. The first-order valence-corrected chi connectivity index (χ1v) is 6.00. The molecule has 22 heavy (non-hydrogen) atoms. The van der Waals surface area contributed by atoms with E-state index in [1.807, 2.05) is 0 Å². The van der Waals surface area contributed by atoms with Crippen LogP contribution in [0.25, 0.3) is 5.57 Å². The Balaban J connectivity index is 2.33. The lowest BCUT2D eigenvalue weighted by Crippen LogP contribution is -2.09. The summed E-state index contributed by atoms with van der Waals surface area (Å²) in [5.41, 5.74) is -1.60. The fraction of sp³-hybridized carbons (Fsp3) is 0.133. The fourth-order valence-corrected chi connectivity index (χ4v) is 1.77. The smallest absolute Gasteiger partial charge is 0.243 e. The second kappa shape index (κ2) is 5.47. The van der Waals surface area contributed by atoms with Crippen molar-refractivity contribution < 1.29 is 26.3 Å². The van der Waals surface area contributed by atoms with Crippen LogP contribution in [0.2, 0.25) is 0 Å². The highest BCUT2D eigenvalue weighted by molar-refractivity contribution is 5.76. The van der Waals surface area contributed by atoms with E-state index in [2.05, 4.69) is 11.6 Å². The second-order valence-corrected chi connectivity index (χ2v) is 4.46. The normalized spacial score (nSPS) is 12.3. The lowest BCUT2D eigenvalue weighted by atomic mass is 10.0. The van der Waals surface area contributed by atoms with Crippen LogP contribution in [0.3, 0.4) is 0 Å². The van der Waals surface area contributed by atoms with Crippen LogP contribution in [0.15, 0.2) is 49.0 Å². The summed E-state index contributed by atoms with van der Waals surface area (Å²) < 4.78 is 75.2. The van der Waals surface area contributed by atoms with Crippen LogP contribution < -0.4 is 0 Å². The zero-order valence-electron chi connectivity index (χ0n) is 11.0. The van der Waals surface area contributed by atoms with Gasteiger partial charge in [-0.1, -0.05) is 24.8 Å². The van der Waals surface area contributed by atoms with Gasteiger partial charge in [-0.05, 0) is 29.8 Å². The minimum absolute atomic E-state index is 0.0467. The van der Waals surface area contributed by atoms with Crippen LogP contribution in [0, 0.1) is 0 Å². The number of hydrogen-bond acceptors (Lipinski definition) is 1. The van der Waals surface area contributed by atoms with E-state index in [-0.39, 0.29) is 16.8 Å². The molecule has 0 unspecified atom stereocenters. The molecular weight excluding hydrogens is 308 g/mol. The molecule has 0 aliphatic rings. The van der Waals surface area contributed by atoms with Crippen molar-refractivity contribution in [3.05, 3.63) is 71.6 Å². The Morgan fingerprint density at radius 2 is 1.41 bits per heavy atom. The van der Waals surface area contributed by atoms with Gasteiger partial charge in [0.15, 0.2) is 0 Å². The predicted molar refractivity (Wildman–Crippen MR) is 68.8 cm³/mol. The third-order valence-corrected chi connectivity index (χ3v) is 2.91. The topological polar surface area (TPSA) is 12.9 Å². The molecule has 0 fully saturated rings. The predicted octanol–water partition coefficient (Wildman–Crippen LogP) is 5.18. The van der Waals surface area contributed by atoms with Gasteiger partial charge in [0.1, 0.15) is 5.69 Å². The summed E-state index contributed by atoms with van der Waals surface area (Å²) in [5.74, 6) is 0. The van der Waals surface area contributed by atoms with Crippen molar-refractivity contribution in [3.8, 4) is 0 Å². The summed E-state index contributed by atoms with van der Waals surface area (Å²) in [7, 11) is 0. The molecule has 0 aliphatic carbocycles. The minimum Gasteiger partial charge on any atom is -0.243 e. The lowest BCUT2D eigenvalue weighted by molar-refractivity contribution is -0.141. The first kappa shape index (κ1) is 16.1. The van der Waals surface area contributed by atoms with E-state index in [0.717, 1.165) is 30.3 Å². The monoisotopic (exact) mass is 317 g/mol. The minimum atomic E-state index is -4.60. The van der Waals surface area contributed by atoms with Gasteiger partial charge in [-0.2, -0.15) is 26.3 Å². The zero-order valence-corrected chi connectivity index (χ0v) is 11.0. The molecule has 0 N–H and O–H groups in total. The maximum absolute atomic E-state index is 12.6. The third-order valence-electron chi connectivity index (χ3n) is 2.91. The van der Waals surface area contributed by atoms with Gasteiger partial charge in [0.05, 0.1) is 11.3 Å². The quantitative estimate of drug-likeness (QED) is 0.695. The van der Waals surface area contributed by atoms with Crippen molar-refractivity contribution >= 4 is 5.57 Å². The largest absolute Gasteiger partial charge is 0.433 e. The molecule has 0 bridgehead atoms. The average Bonchev–Trinajstić information content (AvgIpc) is 2.45. The van der Waals surface area contributed by atoms with Gasteiger partial charge in [0.2, 0.25) is 0 Å². The van der Waals surface area contributed by atoms with E-state index < -0.39 is 23.6 Å². The van der Waals surface area contributed by atoms with Crippen molar-refractivity contribution in [2.24, 2.45) is 0 Å². The number of halogens is 6. The summed E-state index contributed by atoms with van der Waals surface area (Å²) in [6.07, 6.45) is -9.08. The number of benzene rings is 1. The molecule has 7 heteroatoms. The molecule has 0 amide bonds. The first-order chi connectivity index (χ1) is 10.1. The van der Waals surface area contributed by atoms with Crippen LogP contribution in [0.5, 0.6) is 0 Å². The molecule has 0 spiro atoms. The molecule has 0 saturated carbocycles. The molecular formula is C15H9F6N. The van der Waals surface area contributed by atoms with E-state index in [1.165, 1.54) is 12.1 Å². The molecule has 1 aromatic heterocycles. The van der Waals surface area contributed by atoms with Crippen molar-refractivity contribution in [1.29, 1.82) is 0 Å². The van der Waals surface area contributed by atoms with Crippen molar-refractivity contribution in [3.63, 3.8) is 0 Å². The second-order valence-electron chi connectivity index (χ2n) is 4.46. The number of nitrogens with zero attached hydrogens (tertiary/aromatic N) is 1. The van der Waals surface area contributed by atoms with Gasteiger partial charge < -0.3 is 0 Å². The highest BCUT2D eigenvalue weighted by Crippen LogP contribution is 2.32. The third kappa shape index (κ3) is 3.47. The van der Waals surface area contributed by atoms with E-state index in [4.69, 9.17) is 0 Å². The Morgan fingerprint density at radius 1 is 0.818 bits per heavy atom. The van der Waals surface area contributed by atoms with Crippen LogP contribution >= 0.6 is 0 Å². The van der Waals surface area contributed by atoms with Gasteiger partial charge in [-0.15, -0.1) is 0 Å². The fourth-order valence-electron chi connectivity index (χ4n) is 1.77. The molecule has 1 heterocycles. The first-order valence-electron chi connectivity index (χ1n) is 6.00.